The maximum Gasteiger partial charge on any atom is 0.192 e. The molecule has 0 saturated heterocycles. The second-order valence-electron chi connectivity index (χ2n) is 8.26. The molecule has 4 heterocycles. The molecule has 0 unspecified atom stereocenters. The Morgan fingerprint density at radius 3 is 2.73 bits per heavy atom. The van der Waals surface area contributed by atoms with Gasteiger partial charge in [-0.3, -0.25) is 4.98 Å². The van der Waals surface area contributed by atoms with Crippen molar-refractivity contribution in [3.8, 4) is 22.0 Å². The molecule has 1 atom stereocenters. The summed E-state index contributed by atoms with van der Waals surface area (Å²) in [6, 6.07) is 4.07. The minimum Gasteiger partial charge on any atom is -0.364 e. The molecule has 152 valence electrons. The van der Waals surface area contributed by atoms with E-state index in [1.54, 1.807) is 18.6 Å². The normalized spacial score (nSPS) is 23.2. The lowest BCUT2D eigenvalue weighted by Gasteiger charge is -2.42. The average molecular weight is 421 g/mol. The quantitative estimate of drug-likeness (QED) is 0.470. The highest BCUT2D eigenvalue weighted by Gasteiger charge is 2.36. The van der Waals surface area contributed by atoms with E-state index in [2.05, 4.69) is 30.2 Å². The molecule has 7 rings (SSSR count). The van der Waals surface area contributed by atoms with E-state index in [-0.39, 0.29) is 11.9 Å². The number of anilines is 1. The molecule has 0 spiro atoms. The summed E-state index contributed by atoms with van der Waals surface area (Å²) >= 11 is 1.47. The van der Waals surface area contributed by atoms with Crippen LogP contribution in [0.4, 0.5) is 10.2 Å². The standard InChI is InChI=1S/C22H21FN6S/c23-17-19(16-2-1-9-30-16)28-20(14-11-26-22-18(14)24-7-8-25-22)29-21(17)27-15-10-12-3-5-13(15)6-4-12/h1-2,7-9,11-13,15H,3-6,10H2,(H,25,26)(H,27,28,29)/t12?,13?,15-/m1/s1. The molecule has 4 aromatic heterocycles. The lowest BCUT2D eigenvalue weighted by Crippen LogP contribution is -2.40. The molecule has 0 radical (unpaired) electrons. The van der Waals surface area contributed by atoms with Gasteiger partial charge in [-0.2, -0.15) is 0 Å². The van der Waals surface area contributed by atoms with Crippen molar-refractivity contribution in [1.82, 2.24) is 24.9 Å². The zero-order valence-corrected chi connectivity index (χ0v) is 17.1. The number of fused-ring (bicyclic) bond motifs is 4. The fraction of sp³-hybridized carbons (Fsp3) is 0.364. The van der Waals surface area contributed by atoms with Crippen LogP contribution in [0.15, 0.2) is 36.1 Å². The maximum absolute atomic E-state index is 15.6. The molecule has 3 fully saturated rings. The lowest BCUT2D eigenvalue weighted by molar-refractivity contribution is 0.157. The molecule has 3 aliphatic carbocycles. The maximum atomic E-state index is 15.6. The summed E-state index contributed by atoms with van der Waals surface area (Å²) in [4.78, 5) is 21.9. The Hall–Kier alpha value is -2.87. The number of nitrogens with one attached hydrogen (secondary N) is 2. The Balaban J connectivity index is 1.47. The van der Waals surface area contributed by atoms with Crippen molar-refractivity contribution in [3.63, 3.8) is 0 Å². The molecular formula is C22H21FN6S. The molecular weight excluding hydrogens is 399 g/mol. The van der Waals surface area contributed by atoms with Gasteiger partial charge in [0.05, 0.1) is 10.4 Å². The average Bonchev–Trinajstić information content (AvgIpc) is 3.46. The van der Waals surface area contributed by atoms with E-state index in [4.69, 9.17) is 0 Å². The Bertz CT molecular complexity index is 1200. The first-order valence-corrected chi connectivity index (χ1v) is 11.3. The van der Waals surface area contributed by atoms with Crippen LogP contribution in [-0.4, -0.2) is 31.0 Å². The molecule has 30 heavy (non-hydrogen) atoms. The van der Waals surface area contributed by atoms with Crippen molar-refractivity contribution in [2.45, 2.75) is 38.1 Å². The van der Waals surface area contributed by atoms with E-state index in [9.17, 15) is 0 Å². The zero-order valence-electron chi connectivity index (χ0n) is 16.3. The predicted octanol–water partition coefficient (Wildman–Crippen LogP) is 5.27. The van der Waals surface area contributed by atoms with Gasteiger partial charge in [0.2, 0.25) is 0 Å². The number of thiophene rings is 1. The van der Waals surface area contributed by atoms with Gasteiger partial charge in [-0.15, -0.1) is 11.3 Å². The van der Waals surface area contributed by atoms with Crippen molar-refractivity contribution >= 4 is 28.3 Å². The third kappa shape index (κ3) is 2.98. The number of H-pyrrole nitrogens is 1. The summed E-state index contributed by atoms with van der Waals surface area (Å²) in [5.41, 5.74) is 2.40. The van der Waals surface area contributed by atoms with E-state index in [0.717, 1.165) is 22.8 Å². The largest absolute Gasteiger partial charge is 0.364 e. The fourth-order valence-electron chi connectivity index (χ4n) is 4.99. The van der Waals surface area contributed by atoms with Crippen LogP contribution in [0.3, 0.4) is 0 Å². The Labute approximate surface area is 177 Å². The van der Waals surface area contributed by atoms with E-state index < -0.39 is 0 Å². The van der Waals surface area contributed by atoms with E-state index >= 15 is 4.39 Å². The van der Waals surface area contributed by atoms with Gasteiger partial charge in [0, 0.05) is 24.6 Å². The van der Waals surface area contributed by atoms with Crippen LogP contribution in [0.5, 0.6) is 0 Å². The van der Waals surface area contributed by atoms with Crippen LogP contribution in [0.2, 0.25) is 0 Å². The zero-order chi connectivity index (χ0) is 20.1. The predicted molar refractivity (Wildman–Crippen MR) is 116 cm³/mol. The highest BCUT2D eigenvalue weighted by molar-refractivity contribution is 7.13. The molecule has 3 aliphatic rings. The van der Waals surface area contributed by atoms with Crippen molar-refractivity contribution < 1.29 is 4.39 Å². The van der Waals surface area contributed by atoms with Gasteiger partial charge in [0.1, 0.15) is 11.2 Å². The Morgan fingerprint density at radius 2 is 1.97 bits per heavy atom. The van der Waals surface area contributed by atoms with Crippen LogP contribution in [0, 0.1) is 17.7 Å². The van der Waals surface area contributed by atoms with Crippen molar-refractivity contribution in [2.24, 2.45) is 11.8 Å². The van der Waals surface area contributed by atoms with Gasteiger partial charge in [0.15, 0.2) is 23.1 Å². The number of hydrogen-bond donors (Lipinski definition) is 2. The van der Waals surface area contributed by atoms with Gasteiger partial charge in [-0.1, -0.05) is 18.9 Å². The second-order valence-corrected chi connectivity index (χ2v) is 9.21. The van der Waals surface area contributed by atoms with Gasteiger partial charge < -0.3 is 10.3 Å². The van der Waals surface area contributed by atoms with Gasteiger partial charge >= 0.3 is 0 Å². The molecule has 2 N–H and O–H groups in total. The number of aromatic amines is 1. The first-order valence-electron chi connectivity index (χ1n) is 10.4. The van der Waals surface area contributed by atoms with Gasteiger partial charge in [0.25, 0.3) is 0 Å². The van der Waals surface area contributed by atoms with E-state index in [1.807, 2.05) is 17.5 Å². The highest BCUT2D eigenvalue weighted by Crippen LogP contribution is 2.43. The summed E-state index contributed by atoms with van der Waals surface area (Å²) in [6.45, 7) is 0. The number of halogens is 1. The molecule has 8 heteroatoms. The van der Waals surface area contributed by atoms with Crippen LogP contribution in [0.1, 0.15) is 32.1 Å². The Kier molecular flexibility index (Phi) is 4.26. The summed E-state index contributed by atoms with van der Waals surface area (Å²) in [5.74, 6) is 1.71. The number of nitrogens with zero attached hydrogens (tertiary/aromatic N) is 4. The van der Waals surface area contributed by atoms with Crippen molar-refractivity contribution in [2.75, 3.05) is 5.32 Å². The first-order chi connectivity index (χ1) is 14.8. The SMILES string of the molecule is Fc1c(N[C@@H]2CC3CCC2CC3)nc(-c2c[nH]c3nccnc23)nc1-c1cccs1. The molecule has 4 aromatic rings. The smallest absolute Gasteiger partial charge is 0.192 e. The summed E-state index contributed by atoms with van der Waals surface area (Å²) in [5, 5.41) is 5.40. The number of aromatic nitrogens is 5. The molecule has 0 aliphatic heterocycles. The van der Waals surface area contributed by atoms with Crippen LogP contribution >= 0.6 is 11.3 Å². The summed E-state index contributed by atoms with van der Waals surface area (Å²) < 4.78 is 15.6. The third-order valence-electron chi connectivity index (χ3n) is 6.52. The minimum atomic E-state index is -0.381. The number of rotatable bonds is 4. The highest BCUT2D eigenvalue weighted by atomic mass is 32.1. The van der Waals surface area contributed by atoms with Crippen LogP contribution in [-0.2, 0) is 0 Å². The van der Waals surface area contributed by atoms with Gasteiger partial charge in [-0.25, -0.2) is 19.3 Å². The molecule has 0 aromatic carbocycles. The van der Waals surface area contributed by atoms with Crippen molar-refractivity contribution in [3.05, 3.63) is 41.9 Å². The summed E-state index contributed by atoms with van der Waals surface area (Å²) in [7, 11) is 0. The molecule has 0 amide bonds. The van der Waals surface area contributed by atoms with Crippen LogP contribution < -0.4 is 5.32 Å². The van der Waals surface area contributed by atoms with Gasteiger partial charge in [-0.05, 0) is 42.5 Å². The minimum absolute atomic E-state index is 0.272. The Morgan fingerprint density at radius 1 is 1.10 bits per heavy atom. The second kappa shape index (κ2) is 7.12. The molecule has 3 saturated carbocycles. The third-order valence-corrected chi connectivity index (χ3v) is 7.40. The first kappa shape index (κ1) is 17.9. The number of hydrogen-bond acceptors (Lipinski definition) is 6. The molecule has 2 bridgehead atoms. The molecule has 6 nitrogen and oxygen atoms in total. The van der Waals surface area contributed by atoms with Crippen LogP contribution in [0.25, 0.3) is 33.1 Å². The van der Waals surface area contributed by atoms with E-state index in [1.165, 1.54) is 37.0 Å². The van der Waals surface area contributed by atoms with Crippen molar-refractivity contribution in [1.29, 1.82) is 0 Å². The lowest BCUT2D eigenvalue weighted by atomic mass is 9.68. The fourth-order valence-corrected chi connectivity index (χ4v) is 5.70. The monoisotopic (exact) mass is 420 g/mol. The topological polar surface area (TPSA) is 79.4 Å². The summed E-state index contributed by atoms with van der Waals surface area (Å²) in [6.07, 6.45) is 11.2. The van der Waals surface area contributed by atoms with E-state index in [0.29, 0.717) is 34.4 Å².